The Balaban J connectivity index is 2.18. The average Bonchev–Trinajstić information content (AvgIpc) is 2.87. The number of alkyl halides is 1. The molecule has 2 aromatic rings. The highest BCUT2D eigenvalue weighted by Crippen LogP contribution is 2.16. The van der Waals surface area contributed by atoms with E-state index in [2.05, 4.69) is 33.8 Å². The Labute approximate surface area is 119 Å². The number of para-hydroxylation sites is 1. The third-order valence-electron chi connectivity index (χ3n) is 3.18. The first-order chi connectivity index (χ1) is 9.36. The van der Waals surface area contributed by atoms with Crippen molar-refractivity contribution in [2.24, 2.45) is 0 Å². The Morgan fingerprint density at radius 1 is 1.00 bits per heavy atom. The van der Waals surface area contributed by atoms with Crippen molar-refractivity contribution in [3.05, 3.63) is 42.0 Å². The van der Waals surface area contributed by atoms with Gasteiger partial charge in [-0.2, -0.15) is 0 Å². The van der Waals surface area contributed by atoms with Crippen LogP contribution in [0.3, 0.4) is 0 Å². The molecule has 0 bridgehead atoms. The van der Waals surface area contributed by atoms with E-state index in [1.54, 1.807) is 0 Å². The molecule has 0 aliphatic heterocycles. The van der Waals surface area contributed by atoms with Crippen LogP contribution in [-0.2, 0) is 12.3 Å². The van der Waals surface area contributed by atoms with E-state index in [4.69, 9.17) is 11.6 Å². The fraction of sp³-hybridized carbons (Fsp3) is 0.467. The second-order valence-corrected chi connectivity index (χ2v) is 4.91. The summed E-state index contributed by atoms with van der Waals surface area (Å²) in [5.41, 5.74) is 1.09. The van der Waals surface area contributed by atoms with Crippen LogP contribution in [0.1, 0.15) is 44.3 Å². The first-order valence-electron chi connectivity index (χ1n) is 6.91. The lowest BCUT2D eigenvalue weighted by atomic mass is 10.1. The minimum atomic E-state index is 0.386. The van der Waals surface area contributed by atoms with Gasteiger partial charge in [0.25, 0.3) is 0 Å². The zero-order valence-corrected chi connectivity index (χ0v) is 12.1. The molecule has 1 heterocycles. The molecule has 1 aromatic heterocycles. The minimum absolute atomic E-state index is 0.386. The molecule has 0 fully saturated rings. The third-order valence-corrected chi connectivity index (χ3v) is 3.42. The molecule has 4 heteroatoms. The second kappa shape index (κ2) is 7.29. The summed E-state index contributed by atoms with van der Waals surface area (Å²) in [4.78, 5) is 0. The van der Waals surface area contributed by atoms with Crippen molar-refractivity contribution in [3.63, 3.8) is 0 Å². The standard InChI is InChI=1S/C15H20ClN3/c1-2-3-4-8-11-14-17-18-15(12-16)19(14)13-9-6-5-7-10-13/h5-7,9-10H,2-4,8,11-12H2,1H3. The fourth-order valence-electron chi connectivity index (χ4n) is 2.19. The topological polar surface area (TPSA) is 30.7 Å². The highest BCUT2D eigenvalue weighted by atomic mass is 35.5. The van der Waals surface area contributed by atoms with E-state index in [1.807, 2.05) is 18.2 Å². The van der Waals surface area contributed by atoms with Gasteiger partial charge >= 0.3 is 0 Å². The van der Waals surface area contributed by atoms with E-state index >= 15 is 0 Å². The van der Waals surface area contributed by atoms with Crippen LogP contribution in [0.15, 0.2) is 30.3 Å². The molecule has 0 amide bonds. The van der Waals surface area contributed by atoms with Gasteiger partial charge in [-0.1, -0.05) is 44.4 Å². The lowest BCUT2D eigenvalue weighted by Crippen LogP contribution is -2.04. The van der Waals surface area contributed by atoms with Gasteiger partial charge in [0.1, 0.15) is 5.82 Å². The maximum atomic E-state index is 5.96. The van der Waals surface area contributed by atoms with Crippen LogP contribution in [-0.4, -0.2) is 14.8 Å². The molecule has 0 aliphatic rings. The molecule has 0 saturated heterocycles. The van der Waals surface area contributed by atoms with Gasteiger partial charge in [-0.05, 0) is 18.6 Å². The summed E-state index contributed by atoms with van der Waals surface area (Å²) in [6.45, 7) is 2.22. The van der Waals surface area contributed by atoms with Crippen LogP contribution < -0.4 is 0 Å². The quantitative estimate of drug-likeness (QED) is 0.563. The van der Waals surface area contributed by atoms with E-state index < -0.39 is 0 Å². The second-order valence-electron chi connectivity index (χ2n) is 4.65. The summed E-state index contributed by atoms with van der Waals surface area (Å²) in [6.07, 6.45) is 5.88. The van der Waals surface area contributed by atoms with Gasteiger partial charge in [-0.3, -0.25) is 4.57 Å². The van der Waals surface area contributed by atoms with Gasteiger partial charge < -0.3 is 0 Å². The normalized spacial score (nSPS) is 10.8. The van der Waals surface area contributed by atoms with E-state index in [0.29, 0.717) is 5.88 Å². The van der Waals surface area contributed by atoms with E-state index in [0.717, 1.165) is 30.2 Å². The molecule has 0 radical (unpaired) electrons. The Bertz CT molecular complexity index is 493. The molecule has 2 rings (SSSR count). The van der Waals surface area contributed by atoms with Crippen molar-refractivity contribution in [3.8, 4) is 5.69 Å². The molecular weight excluding hydrogens is 258 g/mol. The Kier molecular flexibility index (Phi) is 5.40. The maximum absolute atomic E-state index is 5.96. The molecule has 0 N–H and O–H groups in total. The smallest absolute Gasteiger partial charge is 0.152 e. The number of nitrogens with zero attached hydrogens (tertiary/aromatic N) is 3. The summed E-state index contributed by atoms with van der Waals surface area (Å²) in [5, 5.41) is 8.48. The van der Waals surface area contributed by atoms with Crippen LogP contribution in [0.4, 0.5) is 0 Å². The highest BCUT2D eigenvalue weighted by molar-refractivity contribution is 6.16. The van der Waals surface area contributed by atoms with Crippen molar-refractivity contribution in [1.82, 2.24) is 14.8 Å². The zero-order valence-electron chi connectivity index (χ0n) is 11.3. The first kappa shape index (κ1) is 14.1. The van der Waals surface area contributed by atoms with Crippen LogP contribution in [0, 0.1) is 0 Å². The first-order valence-corrected chi connectivity index (χ1v) is 7.44. The number of unbranched alkanes of at least 4 members (excludes halogenated alkanes) is 3. The van der Waals surface area contributed by atoms with Gasteiger partial charge in [0.2, 0.25) is 0 Å². The molecule has 19 heavy (non-hydrogen) atoms. The Morgan fingerprint density at radius 3 is 2.42 bits per heavy atom. The highest BCUT2D eigenvalue weighted by Gasteiger charge is 2.12. The van der Waals surface area contributed by atoms with Gasteiger partial charge in [0.05, 0.1) is 5.88 Å². The van der Waals surface area contributed by atoms with Crippen LogP contribution in [0.5, 0.6) is 0 Å². The van der Waals surface area contributed by atoms with Crippen molar-refractivity contribution in [2.45, 2.75) is 44.9 Å². The lowest BCUT2D eigenvalue weighted by Gasteiger charge is -2.09. The molecule has 0 saturated carbocycles. The van der Waals surface area contributed by atoms with Gasteiger partial charge in [0, 0.05) is 12.1 Å². The van der Waals surface area contributed by atoms with Crippen LogP contribution in [0.2, 0.25) is 0 Å². The summed E-state index contributed by atoms with van der Waals surface area (Å²) in [7, 11) is 0. The minimum Gasteiger partial charge on any atom is -0.282 e. The van der Waals surface area contributed by atoms with E-state index in [9.17, 15) is 0 Å². The number of hydrogen-bond acceptors (Lipinski definition) is 2. The summed E-state index contributed by atoms with van der Waals surface area (Å²) >= 11 is 5.96. The molecular formula is C15H20ClN3. The van der Waals surface area contributed by atoms with E-state index in [1.165, 1.54) is 19.3 Å². The fourth-order valence-corrected chi connectivity index (χ4v) is 2.36. The molecule has 102 valence electrons. The number of rotatable bonds is 7. The molecule has 0 atom stereocenters. The summed E-state index contributed by atoms with van der Waals surface area (Å²) < 4.78 is 2.08. The third kappa shape index (κ3) is 3.57. The number of aryl methyl sites for hydroxylation is 1. The summed E-state index contributed by atoms with van der Waals surface area (Å²) in [6, 6.07) is 10.2. The molecule has 1 aromatic carbocycles. The summed E-state index contributed by atoms with van der Waals surface area (Å²) in [5.74, 6) is 2.22. The Hall–Kier alpha value is -1.35. The maximum Gasteiger partial charge on any atom is 0.152 e. The van der Waals surface area contributed by atoms with Crippen LogP contribution >= 0.6 is 11.6 Å². The monoisotopic (exact) mass is 277 g/mol. The zero-order chi connectivity index (χ0) is 13.5. The number of aromatic nitrogens is 3. The van der Waals surface area contributed by atoms with Gasteiger partial charge in [0.15, 0.2) is 5.82 Å². The van der Waals surface area contributed by atoms with Crippen molar-refractivity contribution < 1.29 is 0 Å². The van der Waals surface area contributed by atoms with E-state index in [-0.39, 0.29) is 0 Å². The molecule has 0 aliphatic carbocycles. The van der Waals surface area contributed by atoms with Crippen LogP contribution in [0.25, 0.3) is 5.69 Å². The lowest BCUT2D eigenvalue weighted by molar-refractivity contribution is 0.645. The van der Waals surface area contributed by atoms with Crippen molar-refractivity contribution in [1.29, 1.82) is 0 Å². The van der Waals surface area contributed by atoms with Gasteiger partial charge in [-0.25, -0.2) is 0 Å². The largest absolute Gasteiger partial charge is 0.282 e. The Morgan fingerprint density at radius 2 is 1.74 bits per heavy atom. The van der Waals surface area contributed by atoms with Crippen molar-refractivity contribution >= 4 is 11.6 Å². The van der Waals surface area contributed by atoms with Gasteiger partial charge in [-0.15, -0.1) is 21.8 Å². The molecule has 0 spiro atoms. The number of benzene rings is 1. The predicted molar refractivity (Wildman–Crippen MR) is 78.8 cm³/mol. The predicted octanol–water partition coefficient (Wildman–Crippen LogP) is 4.13. The average molecular weight is 278 g/mol. The SMILES string of the molecule is CCCCCCc1nnc(CCl)n1-c1ccccc1. The molecule has 0 unspecified atom stereocenters. The number of halogens is 1. The molecule has 3 nitrogen and oxygen atoms in total. The number of hydrogen-bond donors (Lipinski definition) is 0. The van der Waals surface area contributed by atoms with Crippen molar-refractivity contribution in [2.75, 3.05) is 0 Å².